The summed E-state index contributed by atoms with van der Waals surface area (Å²) in [6.45, 7) is 3.46. The summed E-state index contributed by atoms with van der Waals surface area (Å²) in [5.74, 6) is -0.428. The Labute approximate surface area is 159 Å². The van der Waals surface area contributed by atoms with Crippen molar-refractivity contribution in [2.75, 3.05) is 24.3 Å². The molecule has 0 aromatic heterocycles. The second kappa shape index (κ2) is 8.20. The lowest BCUT2D eigenvalue weighted by Gasteiger charge is -2.15. The maximum Gasteiger partial charge on any atom is 0.255 e. The van der Waals surface area contributed by atoms with Gasteiger partial charge in [-0.05, 0) is 56.3 Å². The molecule has 7 nitrogen and oxygen atoms in total. The van der Waals surface area contributed by atoms with Crippen LogP contribution in [0.15, 0.2) is 47.4 Å². The highest BCUT2D eigenvalue weighted by molar-refractivity contribution is 7.89. The Morgan fingerprint density at radius 1 is 1.11 bits per heavy atom. The van der Waals surface area contributed by atoms with Crippen LogP contribution in [0.3, 0.4) is 0 Å². The zero-order chi connectivity index (χ0) is 20.2. The number of nitriles is 1. The predicted molar refractivity (Wildman–Crippen MR) is 105 cm³/mol. The molecule has 0 saturated heterocycles. The number of amides is 1. The maximum atomic E-state index is 12.5. The van der Waals surface area contributed by atoms with Crippen molar-refractivity contribution in [2.45, 2.75) is 24.8 Å². The smallest absolute Gasteiger partial charge is 0.255 e. The Morgan fingerprint density at radius 3 is 2.26 bits per heavy atom. The molecule has 0 unspecified atom stereocenters. The molecule has 0 radical (unpaired) electrons. The highest BCUT2D eigenvalue weighted by Gasteiger charge is 2.16. The van der Waals surface area contributed by atoms with Gasteiger partial charge in [-0.3, -0.25) is 4.79 Å². The van der Waals surface area contributed by atoms with Crippen molar-refractivity contribution in [1.82, 2.24) is 4.72 Å². The van der Waals surface area contributed by atoms with E-state index in [1.54, 1.807) is 32.0 Å². The molecule has 0 aliphatic heterocycles. The van der Waals surface area contributed by atoms with E-state index in [-0.39, 0.29) is 16.5 Å². The predicted octanol–water partition coefficient (Wildman–Crippen LogP) is 2.56. The van der Waals surface area contributed by atoms with Gasteiger partial charge in [0, 0.05) is 31.4 Å². The van der Waals surface area contributed by atoms with Crippen LogP contribution in [0.5, 0.6) is 0 Å². The number of nitrogens with one attached hydrogen (secondary N) is 2. The van der Waals surface area contributed by atoms with Gasteiger partial charge in [0.05, 0.1) is 16.1 Å². The molecule has 0 bridgehead atoms. The van der Waals surface area contributed by atoms with E-state index in [9.17, 15) is 18.5 Å². The molecule has 142 valence electrons. The summed E-state index contributed by atoms with van der Waals surface area (Å²) in [6, 6.07) is 12.6. The van der Waals surface area contributed by atoms with E-state index in [1.165, 1.54) is 24.3 Å². The number of carbonyl (C=O) groups is 1. The van der Waals surface area contributed by atoms with E-state index in [4.69, 9.17) is 0 Å². The number of sulfonamides is 1. The Bertz CT molecular complexity index is 975. The van der Waals surface area contributed by atoms with E-state index in [1.807, 2.05) is 25.1 Å². The first-order valence-corrected chi connectivity index (χ1v) is 9.77. The minimum atomic E-state index is -3.62. The molecule has 27 heavy (non-hydrogen) atoms. The van der Waals surface area contributed by atoms with Crippen LogP contribution < -0.4 is 14.9 Å². The largest absolute Gasteiger partial charge is 0.378 e. The third-order valence-electron chi connectivity index (χ3n) is 3.71. The molecule has 0 saturated carbocycles. The first kappa shape index (κ1) is 20.4. The molecule has 2 N–H and O–H groups in total. The zero-order valence-electron chi connectivity index (χ0n) is 15.6. The standard InChI is InChI=1S/C19H22N4O3S/c1-13(2)22-27(25,26)17-9-6-14(7-10-17)19(24)21-18-11-16(23(3)4)8-5-15(18)12-20/h5-11,13,22H,1-4H3,(H,21,24). The fraction of sp³-hybridized carbons (Fsp3) is 0.263. The van der Waals surface area contributed by atoms with Crippen LogP contribution in [-0.4, -0.2) is 34.5 Å². The molecular weight excluding hydrogens is 364 g/mol. The average molecular weight is 386 g/mol. The lowest BCUT2D eigenvalue weighted by atomic mass is 10.1. The molecule has 2 aromatic carbocycles. The normalized spacial score (nSPS) is 11.1. The van der Waals surface area contributed by atoms with Crippen molar-refractivity contribution in [3.63, 3.8) is 0 Å². The van der Waals surface area contributed by atoms with E-state index in [0.29, 0.717) is 11.3 Å². The van der Waals surface area contributed by atoms with Crippen molar-refractivity contribution in [3.05, 3.63) is 53.6 Å². The molecular formula is C19H22N4O3S. The minimum absolute atomic E-state index is 0.0834. The van der Waals surface area contributed by atoms with Gasteiger partial charge in [-0.1, -0.05) is 0 Å². The van der Waals surface area contributed by atoms with E-state index in [0.717, 1.165) is 5.69 Å². The molecule has 8 heteroatoms. The van der Waals surface area contributed by atoms with Crippen molar-refractivity contribution < 1.29 is 13.2 Å². The first-order valence-electron chi connectivity index (χ1n) is 8.29. The fourth-order valence-corrected chi connectivity index (χ4v) is 3.62. The molecule has 0 spiro atoms. The van der Waals surface area contributed by atoms with Crippen LogP contribution in [0.4, 0.5) is 11.4 Å². The molecule has 0 atom stereocenters. The van der Waals surface area contributed by atoms with Gasteiger partial charge in [-0.25, -0.2) is 13.1 Å². The highest BCUT2D eigenvalue weighted by atomic mass is 32.2. The van der Waals surface area contributed by atoms with Gasteiger partial charge in [0.15, 0.2) is 0 Å². The van der Waals surface area contributed by atoms with Crippen molar-refractivity contribution in [1.29, 1.82) is 5.26 Å². The Kier molecular flexibility index (Phi) is 6.20. The molecule has 0 aliphatic rings. The number of hydrogen-bond acceptors (Lipinski definition) is 5. The van der Waals surface area contributed by atoms with Crippen molar-refractivity contribution in [3.8, 4) is 6.07 Å². The van der Waals surface area contributed by atoms with Gasteiger partial charge in [0.25, 0.3) is 5.91 Å². The lowest BCUT2D eigenvalue weighted by Crippen LogP contribution is -2.30. The number of nitrogens with zero attached hydrogens (tertiary/aromatic N) is 2. The molecule has 1 amide bonds. The third-order valence-corrected chi connectivity index (χ3v) is 5.38. The quantitative estimate of drug-likeness (QED) is 0.794. The van der Waals surface area contributed by atoms with Crippen molar-refractivity contribution >= 4 is 27.3 Å². The molecule has 0 fully saturated rings. The summed E-state index contributed by atoms with van der Waals surface area (Å²) < 4.78 is 26.8. The third kappa shape index (κ3) is 5.06. The van der Waals surface area contributed by atoms with E-state index >= 15 is 0 Å². The minimum Gasteiger partial charge on any atom is -0.378 e. The lowest BCUT2D eigenvalue weighted by molar-refractivity contribution is 0.102. The number of rotatable bonds is 6. The van der Waals surface area contributed by atoms with Crippen LogP contribution in [0.1, 0.15) is 29.8 Å². The average Bonchev–Trinajstić information content (AvgIpc) is 2.60. The van der Waals surface area contributed by atoms with E-state index in [2.05, 4.69) is 10.0 Å². The zero-order valence-corrected chi connectivity index (χ0v) is 16.5. The number of hydrogen-bond donors (Lipinski definition) is 2. The van der Waals surface area contributed by atoms with Gasteiger partial charge in [0.1, 0.15) is 6.07 Å². The van der Waals surface area contributed by atoms with Gasteiger partial charge >= 0.3 is 0 Å². The Hall–Kier alpha value is -2.89. The summed E-state index contributed by atoms with van der Waals surface area (Å²) in [6.07, 6.45) is 0. The fourth-order valence-electron chi connectivity index (χ4n) is 2.37. The molecule has 2 aromatic rings. The summed E-state index contributed by atoms with van der Waals surface area (Å²) in [5.41, 5.74) is 1.87. The van der Waals surface area contributed by atoms with Crippen LogP contribution in [0.2, 0.25) is 0 Å². The van der Waals surface area contributed by atoms with Crippen LogP contribution >= 0.6 is 0 Å². The Balaban J connectivity index is 2.25. The highest BCUT2D eigenvalue weighted by Crippen LogP contribution is 2.23. The van der Waals surface area contributed by atoms with Crippen molar-refractivity contribution in [2.24, 2.45) is 0 Å². The van der Waals surface area contributed by atoms with Crippen LogP contribution in [0.25, 0.3) is 0 Å². The summed E-state index contributed by atoms with van der Waals surface area (Å²) in [5, 5.41) is 12.0. The van der Waals surface area contributed by atoms with Gasteiger partial charge in [0.2, 0.25) is 10.0 Å². The van der Waals surface area contributed by atoms with Gasteiger partial charge in [-0.15, -0.1) is 0 Å². The second-order valence-electron chi connectivity index (χ2n) is 6.49. The van der Waals surface area contributed by atoms with Gasteiger partial charge in [-0.2, -0.15) is 5.26 Å². The SMILES string of the molecule is CC(C)NS(=O)(=O)c1ccc(C(=O)Nc2cc(N(C)C)ccc2C#N)cc1. The van der Waals surface area contributed by atoms with Crippen LogP contribution in [-0.2, 0) is 10.0 Å². The summed E-state index contributed by atoms with van der Waals surface area (Å²) in [4.78, 5) is 14.4. The molecule has 0 aliphatic carbocycles. The number of anilines is 2. The first-order chi connectivity index (χ1) is 12.6. The summed E-state index contributed by atoms with van der Waals surface area (Å²) >= 11 is 0. The number of benzene rings is 2. The van der Waals surface area contributed by atoms with Gasteiger partial charge < -0.3 is 10.2 Å². The Morgan fingerprint density at radius 2 is 1.74 bits per heavy atom. The maximum absolute atomic E-state index is 12.5. The molecule has 0 heterocycles. The summed E-state index contributed by atoms with van der Waals surface area (Å²) in [7, 11) is 0.1000. The number of carbonyl (C=O) groups excluding carboxylic acids is 1. The second-order valence-corrected chi connectivity index (χ2v) is 8.20. The molecule has 2 rings (SSSR count). The van der Waals surface area contributed by atoms with Crippen LogP contribution in [0, 0.1) is 11.3 Å². The monoisotopic (exact) mass is 386 g/mol. The topological polar surface area (TPSA) is 102 Å². The van der Waals surface area contributed by atoms with E-state index < -0.39 is 15.9 Å².